The second kappa shape index (κ2) is 52.7. The van der Waals surface area contributed by atoms with Gasteiger partial charge in [-0.15, -0.1) is 0 Å². The van der Waals surface area contributed by atoms with Gasteiger partial charge in [0.2, 0.25) is 0 Å². The van der Waals surface area contributed by atoms with Crippen molar-refractivity contribution in [1.82, 2.24) is 0 Å². The average molecular weight is 865 g/mol. The summed E-state index contributed by atoms with van der Waals surface area (Å²) in [5, 5.41) is 9.63. The van der Waals surface area contributed by atoms with Gasteiger partial charge in [0.25, 0.3) is 0 Å². The molecule has 1 unspecified atom stereocenters. The number of hydrogen-bond acceptors (Lipinski definition) is 5. The van der Waals surface area contributed by atoms with E-state index in [1.54, 1.807) is 0 Å². The Bertz CT molecular complexity index is 1110. The number of rotatable bonds is 48. The fourth-order valence-electron chi connectivity index (χ4n) is 7.52. The van der Waals surface area contributed by atoms with Crippen LogP contribution in [0.15, 0.2) is 72.9 Å². The Morgan fingerprint density at radius 3 is 1.06 bits per heavy atom. The van der Waals surface area contributed by atoms with Crippen molar-refractivity contribution < 1.29 is 24.2 Å². The number of aliphatic hydroxyl groups is 1. The lowest BCUT2D eigenvalue weighted by Gasteiger charge is -2.15. The van der Waals surface area contributed by atoms with E-state index in [-0.39, 0.29) is 25.2 Å². The molecule has 1 N–H and O–H groups in total. The van der Waals surface area contributed by atoms with E-state index < -0.39 is 6.10 Å². The molecule has 0 bridgehead atoms. The monoisotopic (exact) mass is 865 g/mol. The van der Waals surface area contributed by atoms with E-state index in [9.17, 15) is 14.7 Å². The molecule has 0 aromatic heterocycles. The molecule has 62 heavy (non-hydrogen) atoms. The molecule has 0 saturated carbocycles. The molecule has 358 valence electrons. The maximum Gasteiger partial charge on any atom is 0.306 e. The molecular weight excluding hydrogens is 765 g/mol. The van der Waals surface area contributed by atoms with E-state index >= 15 is 0 Å². The first-order valence-electron chi connectivity index (χ1n) is 26.5. The Hall–Kier alpha value is -2.66. The van der Waals surface area contributed by atoms with Crippen molar-refractivity contribution in [3.8, 4) is 0 Å². The molecule has 0 amide bonds. The maximum atomic E-state index is 12.3. The van der Waals surface area contributed by atoms with E-state index in [0.29, 0.717) is 12.8 Å². The molecule has 0 heterocycles. The van der Waals surface area contributed by atoms with Crippen LogP contribution in [0, 0.1) is 0 Å². The van der Waals surface area contributed by atoms with Gasteiger partial charge in [0, 0.05) is 12.8 Å². The number of aliphatic hydroxyl groups excluding tert-OH is 1. The Labute approximate surface area is 384 Å². The highest BCUT2D eigenvalue weighted by Gasteiger charge is 2.16. The third-order valence-electron chi connectivity index (χ3n) is 11.5. The van der Waals surface area contributed by atoms with Crippen molar-refractivity contribution in [3.05, 3.63) is 72.9 Å². The number of carbonyl (C=O) groups excluding carboxylic acids is 2. The second-order valence-corrected chi connectivity index (χ2v) is 17.6. The Morgan fingerprint density at radius 2 is 0.694 bits per heavy atom. The van der Waals surface area contributed by atoms with Crippen LogP contribution in [0.25, 0.3) is 0 Å². The smallest absolute Gasteiger partial charge is 0.306 e. The molecule has 0 rings (SSSR count). The van der Waals surface area contributed by atoms with Gasteiger partial charge in [-0.1, -0.05) is 234 Å². The molecule has 0 fully saturated rings. The standard InChI is InChI=1S/C57H100O5/c1-3-5-7-9-11-13-15-17-19-21-22-23-24-25-26-27-28-29-30-31-32-33-34-36-38-40-42-44-46-48-50-52-57(60)62-55(53-58)54-61-56(59)51-49-47-45-43-41-39-37-35-20-18-16-14-12-10-8-6-4-2/h5,7,11,13,17-20,22-23,25-26,55,58H,3-4,6,8-10,12,14-16,21,24,27-54H2,1-2H3/b7-5-,13-11-,19-17-,20-18-,23-22-,26-25-. The number of hydrogen-bond donors (Lipinski definition) is 1. The molecular formula is C57H100O5. The van der Waals surface area contributed by atoms with Gasteiger partial charge in [-0.3, -0.25) is 9.59 Å². The number of esters is 2. The summed E-state index contributed by atoms with van der Waals surface area (Å²) in [7, 11) is 0. The van der Waals surface area contributed by atoms with E-state index in [1.165, 1.54) is 161 Å². The van der Waals surface area contributed by atoms with E-state index in [2.05, 4.69) is 86.8 Å². The molecule has 0 aliphatic carbocycles. The number of carbonyl (C=O) groups is 2. The van der Waals surface area contributed by atoms with Crippen molar-refractivity contribution in [2.45, 2.75) is 264 Å². The molecule has 5 heteroatoms. The maximum absolute atomic E-state index is 12.3. The van der Waals surface area contributed by atoms with Gasteiger partial charge in [-0.05, 0) is 83.5 Å². The molecule has 0 radical (unpaired) electrons. The fraction of sp³-hybridized carbons (Fsp3) is 0.754. The Balaban J connectivity index is 3.49. The van der Waals surface area contributed by atoms with E-state index in [0.717, 1.165) is 70.6 Å². The summed E-state index contributed by atoms with van der Waals surface area (Å²) in [6.07, 6.45) is 71.5. The predicted octanol–water partition coefficient (Wildman–Crippen LogP) is 17.6. The largest absolute Gasteiger partial charge is 0.462 e. The van der Waals surface area contributed by atoms with Crippen LogP contribution in [0.1, 0.15) is 258 Å². The van der Waals surface area contributed by atoms with E-state index in [4.69, 9.17) is 9.47 Å². The SMILES string of the molecule is CC/C=C\C/C=C\C/C=C\C/C=C\C/C=C\CCCCCCCCCCCCCCCCCC(=O)OC(CO)COC(=O)CCCCCCCCC/C=C\CCCCCCCC. The normalized spacial score (nSPS) is 12.8. The van der Waals surface area contributed by atoms with Crippen LogP contribution in [0.2, 0.25) is 0 Å². The van der Waals surface area contributed by atoms with Crippen LogP contribution >= 0.6 is 0 Å². The van der Waals surface area contributed by atoms with Gasteiger partial charge < -0.3 is 14.6 Å². The highest BCUT2D eigenvalue weighted by molar-refractivity contribution is 5.70. The summed E-state index contributed by atoms with van der Waals surface area (Å²) < 4.78 is 10.7. The van der Waals surface area contributed by atoms with Crippen molar-refractivity contribution >= 4 is 11.9 Å². The summed E-state index contributed by atoms with van der Waals surface area (Å²) in [6, 6.07) is 0. The van der Waals surface area contributed by atoms with Crippen molar-refractivity contribution in [2.75, 3.05) is 13.2 Å². The second-order valence-electron chi connectivity index (χ2n) is 17.6. The molecule has 0 aliphatic rings. The van der Waals surface area contributed by atoms with E-state index in [1.807, 2.05) is 0 Å². The quantitative estimate of drug-likeness (QED) is 0.0375. The summed E-state index contributed by atoms with van der Waals surface area (Å²) >= 11 is 0. The highest BCUT2D eigenvalue weighted by atomic mass is 16.6. The third kappa shape index (κ3) is 50.0. The minimum atomic E-state index is -0.775. The average Bonchev–Trinajstić information content (AvgIpc) is 3.28. The van der Waals surface area contributed by atoms with Crippen LogP contribution in [-0.4, -0.2) is 36.4 Å². The summed E-state index contributed by atoms with van der Waals surface area (Å²) in [4.78, 5) is 24.5. The zero-order valence-corrected chi connectivity index (χ0v) is 40.9. The van der Waals surface area contributed by atoms with Gasteiger partial charge in [0.05, 0.1) is 6.61 Å². The minimum Gasteiger partial charge on any atom is -0.462 e. The fourth-order valence-corrected chi connectivity index (χ4v) is 7.52. The first kappa shape index (κ1) is 59.3. The van der Waals surface area contributed by atoms with Crippen LogP contribution in [0.5, 0.6) is 0 Å². The molecule has 0 spiro atoms. The highest BCUT2D eigenvalue weighted by Crippen LogP contribution is 2.16. The van der Waals surface area contributed by atoms with Crippen molar-refractivity contribution in [3.63, 3.8) is 0 Å². The molecule has 0 saturated heterocycles. The van der Waals surface area contributed by atoms with Crippen LogP contribution in [0.3, 0.4) is 0 Å². The molecule has 5 nitrogen and oxygen atoms in total. The zero-order valence-electron chi connectivity index (χ0n) is 40.9. The first-order chi connectivity index (χ1) is 30.6. The van der Waals surface area contributed by atoms with Crippen molar-refractivity contribution in [1.29, 1.82) is 0 Å². The zero-order chi connectivity index (χ0) is 44.9. The minimum absolute atomic E-state index is 0.0680. The van der Waals surface area contributed by atoms with Crippen LogP contribution in [0.4, 0.5) is 0 Å². The summed E-state index contributed by atoms with van der Waals surface area (Å²) in [6.45, 7) is 4.04. The third-order valence-corrected chi connectivity index (χ3v) is 11.5. The van der Waals surface area contributed by atoms with Gasteiger partial charge >= 0.3 is 11.9 Å². The van der Waals surface area contributed by atoms with Crippen LogP contribution < -0.4 is 0 Å². The Morgan fingerprint density at radius 1 is 0.387 bits per heavy atom. The van der Waals surface area contributed by atoms with Crippen molar-refractivity contribution in [2.24, 2.45) is 0 Å². The molecule has 0 aliphatic heterocycles. The predicted molar refractivity (Wildman–Crippen MR) is 270 cm³/mol. The summed E-state index contributed by atoms with van der Waals surface area (Å²) in [5.41, 5.74) is 0. The first-order valence-corrected chi connectivity index (χ1v) is 26.5. The van der Waals surface area contributed by atoms with Gasteiger partial charge in [-0.2, -0.15) is 0 Å². The molecule has 1 atom stereocenters. The topological polar surface area (TPSA) is 72.8 Å². The Kier molecular flexibility index (Phi) is 50.4. The lowest BCUT2D eigenvalue weighted by molar-refractivity contribution is -0.161. The lowest BCUT2D eigenvalue weighted by Crippen LogP contribution is -2.28. The molecule has 0 aromatic carbocycles. The number of unbranched alkanes of at least 4 members (excludes halogenated alkanes) is 28. The number of ether oxygens (including phenoxy) is 2. The lowest BCUT2D eigenvalue weighted by atomic mass is 10.0. The number of allylic oxidation sites excluding steroid dienone is 12. The van der Waals surface area contributed by atoms with Gasteiger partial charge in [0.1, 0.15) is 6.61 Å². The van der Waals surface area contributed by atoms with Gasteiger partial charge in [0.15, 0.2) is 6.10 Å². The molecule has 0 aromatic rings. The van der Waals surface area contributed by atoms with Gasteiger partial charge in [-0.25, -0.2) is 0 Å². The van der Waals surface area contributed by atoms with Crippen LogP contribution in [-0.2, 0) is 19.1 Å². The summed E-state index contributed by atoms with van der Waals surface area (Å²) in [5.74, 6) is -0.590.